The molecule has 0 spiro atoms. The number of hydrogen-bond acceptors (Lipinski definition) is 3. The normalized spacial score (nSPS) is 14.8. The van der Waals surface area contributed by atoms with E-state index in [0.717, 1.165) is 31.7 Å². The van der Waals surface area contributed by atoms with E-state index in [0.29, 0.717) is 23.7 Å². The number of halogens is 1. The standard InChI is InChI=1S/C21H24ClN3O2/c1-16(26)23-18-8-6-17(7-9-18)10-11-24-12-14-25(15-13-24)21(27)19-4-2-3-5-20(19)22/h2-9H,10-15H2,1H3,(H,23,26). The molecule has 1 aliphatic rings. The molecule has 142 valence electrons. The fraction of sp³-hybridized carbons (Fsp3) is 0.333. The number of benzene rings is 2. The second-order valence-corrected chi connectivity index (χ2v) is 7.15. The Hall–Kier alpha value is -2.37. The molecule has 1 heterocycles. The van der Waals surface area contributed by atoms with Crippen molar-refractivity contribution in [2.24, 2.45) is 0 Å². The lowest BCUT2D eigenvalue weighted by Gasteiger charge is -2.35. The summed E-state index contributed by atoms with van der Waals surface area (Å²) in [6, 6.07) is 15.1. The fourth-order valence-electron chi connectivity index (χ4n) is 3.22. The largest absolute Gasteiger partial charge is 0.336 e. The van der Waals surface area contributed by atoms with E-state index in [2.05, 4.69) is 10.2 Å². The number of hydrogen-bond donors (Lipinski definition) is 1. The van der Waals surface area contributed by atoms with Gasteiger partial charge in [-0.3, -0.25) is 14.5 Å². The molecule has 0 atom stereocenters. The van der Waals surface area contributed by atoms with E-state index in [1.54, 1.807) is 12.1 Å². The second-order valence-electron chi connectivity index (χ2n) is 6.74. The van der Waals surface area contributed by atoms with E-state index in [1.165, 1.54) is 12.5 Å². The summed E-state index contributed by atoms with van der Waals surface area (Å²) in [7, 11) is 0. The Morgan fingerprint density at radius 3 is 2.30 bits per heavy atom. The van der Waals surface area contributed by atoms with E-state index in [4.69, 9.17) is 11.6 Å². The van der Waals surface area contributed by atoms with Gasteiger partial charge < -0.3 is 10.2 Å². The molecule has 0 saturated carbocycles. The molecule has 0 bridgehead atoms. The monoisotopic (exact) mass is 385 g/mol. The lowest BCUT2D eigenvalue weighted by Crippen LogP contribution is -2.49. The fourth-order valence-corrected chi connectivity index (χ4v) is 3.44. The van der Waals surface area contributed by atoms with Crippen molar-refractivity contribution < 1.29 is 9.59 Å². The van der Waals surface area contributed by atoms with Crippen LogP contribution in [0.1, 0.15) is 22.8 Å². The van der Waals surface area contributed by atoms with Crippen LogP contribution in [0.3, 0.4) is 0 Å². The number of piperazine rings is 1. The first-order valence-electron chi connectivity index (χ1n) is 9.15. The van der Waals surface area contributed by atoms with Gasteiger partial charge in [-0.25, -0.2) is 0 Å². The molecule has 2 aromatic rings. The predicted molar refractivity (Wildman–Crippen MR) is 108 cm³/mol. The summed E-state index contributed by atoms with van der Waals surface area (Å²) >= 11 is 6.14. The summed E-state index contributed by atoms with van der Waals surface area (Å²) in [5, 5.41) is 3.28. The van der Waals surface area contributed by atoms with Crippen molar-refractivity contribution in [1.29, 1.82) is 0 Å². The highest BCUT2D eigenvalue weighted by Crippen LogP contribution is 2.18. The van der Waals surface area contributed by atoms with E-state index in [1.807, 2.05) is 41.3 Å². The molecular weight excluding hydrogens is 362 g/mol. The van der Waals surface area contributed by atoms with Gasteiger partial charge in [0.2, 0.25) is 5.91 Å². The first-order chi connectivity index (χ1) is 13.0. The van der Waals surface area contributed by atoms with Crippen LogP contribution in [0, 0.1) is 0 Å². The Morgan fingerprint density at radius 2 is 1.67 bits per heavy atom. The summed E-state index contributed by atoms with van der Waals surface area (Å²) in [6.07, 6.45) is 0.943. The van der Waals surface area contributed by atoms with E-state index >= 15 is 0 Å². The van der Waals surface area contributed by atoms with Crippen molar-refractivity contribution in [1.82, 2.24) is 9.80 Å². The van der Waals surface area contributed by atoms with Crippen LogP contribution in [0.25, 0.3) is 0 Å². The number of rotatable bonds is 5. The maximum Gasteiger partial charge on any atom is 0.255 e. The smallest absolute Gasteiger partial charge is 0.255 e. The minimum absolute atomic E-state index is 0.00816. The molecule has 2 amide bonds. The molecule has 27 heavy (non-hydrogen) atoms. The SMILES string of the molecule is CC(=O)Nc1ccc(CCN2CCN(C(=O)c3ccccc3Cl)CC2)cc1. The van der Waals surface area contributed by atoms with E-state index < -0.39 is 0 Å². The third kappa shape index (κ3) is 5.31. The maximum absolute atomic E-state index is 12.6. The molecule has 1 N–H and O–H groups in total. The zero-order valence-corrected chi connectivity index (χ0v) is 16.2. The molecule has 5 nitrogen and oxygen atoms in total. The Morgan fingerprint density at radius 1 is 1.00 bits per heavy atom. The summed E-state index contributed by atoms with van der Waals surface area (Å²) in [5.74, 6) is -0.0548. The van der Waals surface area contributed by atoms with Crippen LogP contribution in [0.2, 0.25) is 5.02 Å². The zero-order chi connectivity index (χ0) is 19.2. The predicted octanol–water partition coefficient (Wildman–Crippen LogP) is 3.30. The highest BCUT2D eigenvalue weighted by atomic mass is 35.5. The average molecular weight is 386 g/mol. The van der Waals surface area contributed by atoms with Crippen molar-refractivity contribution in [2.45, 2.75) is 13.3 Å². The molecule has 6 heteroatoms. The van der Waals surface area contributed by atoms with Crippen LogP contribution in [-0.2, 0) is 11.2 Å². The van der Waals surface area contributed by atoms with Gasteiger partial charge in [-0.2, -0.15) is 0 Å². The van der Waals surface area contributed by atoms with Gasteiger partial charge in [0.25, 0.3) is 5.91 Å². The molecule has 2 aromatic carbocycles. The summed E-state index contributed by atoms with van der Waals surface area (Å²) in [4.78, 5) is 27.9. The number of nitrogens with one attached hydrogen (secondary N) is 1. The minimum Gasteiger partial charge on any atom is -0.336 e. The van der Waals surface area contributed by atoms with Gasteiger partial charge in [-0.05, 0) is 36.2 Å². The van der Waals surface area contributed by atoms with Gasteiger partial charge in [0, 0.05) is 45.3 Å². The van der Waals surface area contributed by atoms with Crippen LogP contribution in [0.5, 0.6) is 0 Å². The minimum atomic E-state index is -0.0630. The van der Waals surface area contributed by atoms with Crippen molar-refractivity contribution in [3.05, 3.63) is 64.7 Å². The van der Waals surface area contributed by atoms with Gasteiger partial charge in [0.1, 0.15) is 0 Å². The van der Waals surface area contributed by atoms with Gasteiger partial charge in [-0.15, -0.1) is 0 Å². The molecular formula is C21H24ClN3O2. The lowest BCUT2D eigenvalue weighted by molar-refractivity contribution is -0.114. The number of carbonyl (C=O) groups excluding carboxylic acids is 2. The molecule has 1 saturated heterocycles. The molecule has 0 radical (unpaired) electrons. The van der Waals surface area contributed by atoms with Crippen molar-refractivity contribution in [3.8, 4) is 0 Å². The molecule has 1 aliphatic heterocycles. The van der Waals surface area contributed by atoms with Gasteiger partial charge in [-0.1, -0.05) is 35.9 Å². The molecule has 0 aliphatic carbocycles. The number of carbonyl (C=O) groups is 2. The van der Waals surface area contributed by atoms with E-state index in [-0.39, 0.29) is 11.8 Å². The van der Waals surface area contributed by atoms with Crippen LogP contribution in [0.4, 0.5) is 5.69 Å². The van der Waals surface area contributed by atoms with Gasteiger partial charge >= 0.3 is 0 Å². The summed E-state index contributed by atoms with van der Waals surface area (Å²) < 4.78 is 0. The third-order valence-electron chi connectivity index (χ3n) is 4.75. The van der Waals surface area contributed by atoms with Crippen LogP contribution < -0.4 is 5.32 Å². The molecule has 1 fully saturated rings. The topological polar surface area (TPSA) is 52.7 Å². The van der Waals surface area contributed by atoms with E-state index in [9.17, 15) is 9.59 Å². The van der Waals surface area contributed by atoms with Crippen molar-refractivity contribution in [2.75, 3.05) is 38.0 Å². The second kappa shape index (κ2) is 9.02. The number of anilines is 1. The molecule has 0 aromatic heterocycles. The number of nitrogens with zero attached hydrogens (tertiary/aromatic N) is 2. The van der Waals surface area contributed by atoms with Crippen LogP contribution in [0.15, 0.2) is 48.5 Å². The summed E-state index contributed by atoms with van der Waals surface area (Å²) in [5.41, 5.74) is 2.63. The Balaban J connectivity index is 1.46. The zero-order valence-electron chi connectivity index (χ0n) is 15.5. The van der Waals surface area contributed by atoms with Gasteiger partial charge in [0.15, 0.2) is 0 Å². The van der Waals surface area contributed by atoms with Gasteiger partial charge in [0.05, 0.1) is 10.6 Å². The third-order valence-corrected chi connectivity index (χ3v) is 5.08. The van der Waals surface area contributed by atoms with Crippen LogP contribution >= 0.6 is 11.6 Å². The van der Waals surface area contributed by atoms with Crippen molar-refractivity contribution in [3.63, 3.8) is 0 Å². The first-order valence-corrected chi connectivity index (χ1v) is 9.53. The Bertz CT molecular complexity index is 799. The Kier molecular flexibility index (Phi) is 6.48. The highest BCUT2D eigenvalue weighted by molar-refractivity contribution is 6.33. The number of amides is 2. The summed E-state index contributed by atoms with van der Waals surface area (Å²) in [6.45, 7) is 5.61. The highest BCUT2D eigenvalue weighted by Gasteiger charge is 2.23. The molecule has 3 rings (SSSR count). The lowest BCUT2D eigenvalue weighted by atomic mass is 10.1. The first kappa shape index (κ1) is 19.4. The van der Waals surface area contributed by atoms with Crippen LogP contribution in [-0.4, -0.2) is 54.3 Å². The molecule has 0 unspecified atom stereocenters. The van der Waals surface area contributed by atoms with Crippen molar-refractivity contribution >= 4 is 29.1 Å². The Labute approximate surface area is 164 Å². The maximum atomic E-state index is 12.6. The average Bonchev–Trinajstić information content (AvgIpc) is 2.67. The quantitative estimate of drug-likeness (QED) is 0.859.